The van der Waals surface area contributed by atoms with E-state index in [0.29, 0.717) is 17.0 Å². The molecule has 10 nitrogen and oxygen atoms in total. The summed E-state index contributed by atoms with van der Waals surface area (Å²) < 4.78 is 4.90. The second-order valence-electron chi connectivity index (χ2n) is 6.20. The van der Waals surface area contributed by atoms with E-state index in [-0.39, 0.29) is 5.56 Å². The van der Waals surface area contributed by atoms with Crippen LogP contribution < -0.4 is 5.32 Å². The predicted octanol–water partition coefficient (Wildman–Crippen LogP) is 1.78. The average Bonchev–Trinajstić information content (AvgIpc) is 3.38. The van der Waals surface area contributed by atoms with E-state index in [1.807, 2.05) is 36.9 Å². The van der Waals surface area contributed by atoms with Gasteiger partial charge in [0.05, 0.1) is 23.8 Å². The number of fused-ring (bicyclic) bond motifs is 1. The van der Waals surface area contributed by atoms with Crippen molar-refractivity contribution in [2.24, 2.45) is 7.05 Å². The summed E-state index contributed by atoms with van der Waals surface area (Å²) in [6.45, 7) is 4.70. The molecule has 0 aromatic carbocycles. The van der Waals surface area contributed by atoms with Gasteiger partial charge in [-0.3, -0.25) is 14.2 Å². The van der Waals surface area contributed by atoms with Gasteiger partial charge < -0.3 is 5.32 Å². The van der Waals surface area contributed by atoms with E-state index in [0.717, 1.165) is 23.5 Å². The van der Waals surface area contributed by atoms with Crippen molar-refractivity contribution in [2.45, 2.75) is 20.4 Å². The minimum Gasteiger partial charge on any atom is -0.305 e. The zero-order chi connectivity index (χ0) is 19.8. The van der Waals surface area contributed by atoms with Gasteiger partial charge in [-0.1, -0.05) is 0 Å². The number of nitrogens with zero attached hydrogens (tertiary/aromatic N) is 8. The number of carbonyl (C=O) groups excluding carboxylic acids is 1. The Bertz CT molecular complexity index is 1240. The maximum Gasteiger partial charge on any atom is 0.262 e. The lowest BCUT2D eigenvalue weighted by molar-refractivity contribution is 0.102. The van der Waals surface area contributed by atoms with Gasteiger partial charge in [-0.2, -0.15) is 20.6 Å². The van der Waals surface area contributed by atoms with Crippen LogP contribution in [0.25, 0.3) is 16.9 Å². The van der Waals surface area contributed by atoms with Crippen LogP contribution in [0, 0.1) is 18.3 Å². The number of aryl methyl sites for hydroxylation is 3. The zero-order valence-corrected chi connectivity index (χ0v) is 15.6. The number of hydrogen-bond acceptors (Lipinski definition) is 6. The van der Waals surface area contributed by atoms with Crippen LogP contribution in [0.3, 0.4) is 0 Å². The van der Waals surface area contributed by atoms with Crippen molar-refractivity contribution >= 4 is 17.4 Å². The van der Waals surface area contributed by atoms with Crippen LogP contribution >= 0.6 is 0 Å². The zero-order valence-electron chi connectivity index (χ0n) is 15.6. The van der Waals surface area contributed by atoms with Gasteiger partial charge in [0.2, 0.25) is 0 Å². The molecule has 0 fully saturated rings. The molecular weight excluding hydrogens is 358 g/mol. The molecular formula is C18H17N9O. The predicted molar refractivity (Wildman–Crippen MR) is 100 cm³/mol. The molecule has 0 atom stereocenters. The molecule has 1 amide bonds. The highest BCUT2D eigenvalue weighted by Crippen LogP contribution is 2.24. The number of hydrogen-bond donors (Lipinski definition) is 1. The molecule has 0 spiro atoms. The molecule has 10 heteroatoms. The molecule has 1 N–H and O–H groups in total. The second-order valence-corrected chi connectivity index (χ2v) is 6.20. The summed E-state index contributed by atoms with van der Waals surface area (Å²) in [5.74, 6) is -0.0937. The molecule has 4 aromatic rings. The highest BCUT2D eigenvalue weighted by molar-refractivity contribution is 6.08. The molecule has 4 aromatic heterocycles. The summed E-state index contributed by atoms with van der Waals surface area (Å²) in [6, 6.07) is 3.84. The van der Waals surface area contributed by atoms with E-state index in [4.69, 9.17) is 5.26 Å². The van der Waals surface area contributed by atoms with Crippen molar-refractivity contribution in [1.29, 1.82) is 5.26 Å². The quantitative estimate of drug-likeness (QED) is 0.581. The minimum atomic E-state index is -0.416. The van der Waals surface area contributed by atoms with Crippen molar-refractivity contribution < 1.29 is 4.79 Å². The minimum absolute atomic E-state index is 0.281. The fourth-order valence-corrected chi connectivity index (χ4v) is 3.03. The lowest BCUT2D eigenvalue weighted by Crippen LogP contribution is -2.15. The third-order valence-electron chi connectivity index (χ3n) is 4.48. The lowest BCUT2D eigenvalue weighted by atomic mass is 10.2. The fourth-order valence-electron chi connectivity index (χ4n) is 3.03. The number of amides is 1. The van der Waals surface area contributed by atoms with Gasteiger partial charge in [-0.15, -0.1) is 0 Å². The summed E-state index contributed by atoms with van der Waals surface area (Å²) in [7, 11) is 1.65. The van der Waals surface area contributed by atoms with Gasteiger partial charge in [-0.25, -0.2) is 9.50 Å². The second kappa shape index (κ2) is 6.62. The van der Waals surface area contributed by atoms with Gasteiger partial charge in [0.1, 0.15) is 23.0 Å². The number of anilines is 1. The SMILES string of the molecule is CCn1cc(-c2ccnc3c(C(=O)Nc4c(C#N)cnn4C)cnn23)c(C)n1. The molecule has 0 aliphatic rings. The van der Waals surface area contributed by atoms with Crippen LogP contribution in [0.15, 0.2) is 30.9 Å². The number of rotatable bonds is 4. The average molecular weight is 375 g/mol. The fraction of sp³-hybridized carbons (Fsp3) is 0.222. The molecule has 4 rings (SSSR count). The molecule has 4 heterocycles. The van der Waals surface area contributed by atoms with Crippen LogP contribution in [0.5, 0.6) is 0 Å². The highest BCUT2D eigenvalue weighted by Gasteiger charge is 2.20. The Morgan fingerprint density at radius 1 is 1.32 bits per heavy atom. The van der Waals surface area contributed by atoms with Crippen LogP contribution in [0.1, 0.15) is 28.5 Å². The summed E-state index contributed by atoms with van der Waals surface area (Å²) >= 11 is 0. The highest BCUT2D eigenvalue weighted by atomic mass is 16.1. The van der Waals surface area contributed by atoms with E-state index in [2.05, 4.69) is 25.6 Å². The maximum absolute atomic E-state index is 12.8. The largest absolute Gasteiger partial charge is 0.305 e. The first-order valence-electron chi connectivity index (χ1n) is 8.64. The Balaban J connectivity index is 1.76. The number of nitriles is 1. The molecule has 28 heavy (non-hydrogen) atoms. The summed E-state index contributed by atoms with van der Waals surface area (Å²) in [4.78, 5) is 17.1. The lowest BCUT2D eigenvalue weighted by Gasteiger charge is -2.06. The third-order valence-corrected chi connectivity index (χ3v) is 4.48. The molecule has 0 aliphatic carbocycles. The number of nitrogens with one attached hydrogen (secondary N) is 1. The smallest absolute Gasteiger partial charge is 0.262 e. The van der Waals surface area contributed by atoms with E-state index < -0.39 is 5.91 Å². The first-order valence-corrected chi connectivity index (χ1v) is 8.64. The molecule has 0 radical (unpaired) electrons. The molecule has 140 valence electrons. The first kappa shape index (κ1) is 17.4. The summed E-state index contributed by atoms with van der Waals surface area (Å²) in [5.41, 5.74) is 3.57. The van der Waals surface area contributed by atoms with Crippen LogP contribution in [-0.2, 0) is 13.6 Å². The van der Waals surface area contributed by atoms with Crippen LogP contribution in [0.2, 0.25) is 0 Å². The number of carbonyl (C=O) groups is 1. The molecule has 0 saturated heterocycles. The van der Waals surface area contributed by atoms with Gasteiger partial charge >= 0.3 is 0 Å². The Kier molecular flexibility index (Phi) is 4.12. The van der Waals surface area contributed by atoms with Gasteiger partial charge in [-0.05, 0) is 19.9 Å². The molecule has 0 unspecified atom stereocenters. The molecule has 0 saturated carbocycles. The Morgan fingerprint density at radius 3 is 2.86 bits per heavy atom. The first-order chi connectivity index (χ1) is 13.5. The van der Waals surface area contributed by atoms with Crippen molar-refractivity contribution in [1.82, 2.24) is 34.2 Å². The Morgan fingerprint density at radius 2 is 2.14 bits per heavy atom. The van der Waals surface area contributed by atoms with E-state index in [1.54, 1.807) is 17.8 Å². The van der Waals surface area contributed by atoms with E-state index in [9.17, 15) is 4.79 Å². The summed E-state index contributed by atoms with van der Waals surface area (Å²) in [6.07, 6.45) is 6.44. The Labute approximate surface area is 160 Å². The van der Waals surface area contributed by atoms with Crippen LogP contribution in [0.4, 0.5) is 5.82 Å². The van der Waals surface area contributed by atoms with Gasteiger partial charge in [0, 0.05) is 31.5 Å². The van der Waals surface area contributed by atoms with E-state index in [1.165, 1.54) is 17.1 Å². The molecule has 0 bridgehead atoms. The van der Waals surface area contributed by atoms with Crippen molar-refractivity contribution in [3.8, 4) is 17.3 Å². The number of aromatic nitrogens is 7. The van der Waals surface area contributed by atoms with E-state index >= 15 is 0 Å². The van der Waals surface area contributed by atoms with Gasteiger partial charge in [0.25, 0.3) is 5.91 Å². The standard InChI is InChI=1S/C18H17N9O/c1-4-26-10-14(11(2)24-26)15-5-6-20-17-13(9-22-27(15)17)18(28)23-16-12(7-19)8-21-25(16)3/h5-6,8-10H,4H2,1-3H3,(H,23,28). The normalized spacial score (nSPS) is 10.9. The summed E-state index contributed by atoms with van der Waals surface area (Å²) in [5, 5.41) is 24.7. The van der Waals surface area contributed by atoms with Crippen molar-refractivity contribution in [3.63, 3.8) is 0 Å². The molecule has 0 aliphatic heterocycles. The third kappa shape index (κ3) is 2.69. The Hall–Kier alpha value is -4.00. The monoisotopic (exact) mass is 375 g/mol. The topological polar surface area (TPSA) is 119 Å². The maximum atomic E-state index is 12.8. The van der Waals surface area contributed by atoms with Crippen molar-refractivity contribution in [3.05, 3.63) is 47.7 Å². The van der Waals surface area contributed by atoms with Crippen molar-refractivity contribution in [2.75, 3.05) is 5.32 Å². The van der Waals surface area contributed by atoms with Gasteiger partial charge in [0.15, 0.2) is 5.65 Å². The van der Waals surface area contributed by atoms with Crippen LogP contribution in [-0.4, -0.2) is 40.1 Å².